The Morgan fingerprint density at radius 2 is 2.11 bits per heavy atom. The lowest BCUT2D eigenvalue weighted by atomic mass is 9.98. The second kappa shape index (κ2) is 9.68. The number of hydrogen-bond acceptors (Lipinski definition) is 4. The van der Waals surface area contributed by atoms with Gasteiger partial charge in [-0.25, -0.2) is 4.99 Å². The summed E-state index contributed by atoms with van der Waals surface area (Å²) in [5.74, 6) is 3.85. The van der Waals surface area contributed by atoms with Gasteiger partial charge in [-0.1, -0.05) is 31.2 Å². The van der Waals surface area contributed by atoms with Gasteiger partial charge in [-0.05, 0) is 60.7 Å². The molecule has 1 heterocycles. The van der Waals surface area contributed by atoms with Gasteiger partial charge in [0.25, 0.3) is 0 Å². The van der Waals surface area contributed by atoms with Crippen molar-refractivity contribution >= 4 is 16.5 Å². The van der Waals surface area contributed by atoms with Gasteiger partial charge in [0.1, 0.15) is 11.5 Å². The molecule has 148 valence electrons. The van der Waals surface area contributed by atoms with Crippen LogP contribution in [0, 0.1) is 5.69 Å². The Kier molecular flexibility index (Phi) is 7.02. The summed E-state index contributed by atoms with van der Waals surface area (Å²) in [5.41, 5.74) is 9.71. The molecule has 0 fully saturated rings. The molecule has 0 amide bonds. The van der Waals surface area contributed by atoms with Crippen molar-refractivity contribution in [3.63, 3.8) is 0 Å². The molecule has 0 aliphatic carbocycles. The number of hydrogen-bond donors (Lipinski definition) is 0. The Hall–Kier alpha value is -2.42. The van der Waals surface area contributed by atoms with E-state index in [1.165, 1.54) is 16.7 Å². The van der Waals surface area contributed by atoms with E-state index in [0.29, 0.717) is 11.8 Å². The predicted octanol–water partition coefficient (Wildman–Crippen LogP) is 5.31. The van der Waals surface area contributed by atoms with Gasteiger partial charge in [0.15, 0.2) is 0 Å². The van der Waals surface area contributed by atoms with Gasteiger partial charge in [-0.15, -0.1) is 12.0 Å². The highest BCUT2D eigenvalue weighted by Crippen LogP contribution is 2.35. The highest BCUT2D eigenvalue weighted by atomic mass is 32.2. The first-order valence-electron chi connectivity index (χ1n) is 9.67. The minimum atomic E-state index is -0.0690. The molecule has 0 saturated heterocycles. The van der Waals surface area contributed by atoms with Crippen LogP contribution in [0.25, 0.3) is 0 Å². The fourth-order valence-electron chi connectivity index (χ4n) is 3.38. The van der Waals surface area contributed by atoms with Gasteiger partial charge in [-0.2, -0.15) is 0 Å². The lowest BCUT2D eigenvalue weighted by molar-refractivity contribution is 0.338. The first-order valence-corrected chi connectivity index (χ1v) is 11.5. The van der Waals surface area contributed by atoms with E-state index in [2.05, 4.69) is 48.5 Å². The quantitative estimate of drug-likeness (QED) is 0.362. The maximum absolute atomic E-state index is 6.00. The molecule has 28 heavy (non-hydrogen) atoms. The average molecular weight is 395 g/mol. The van der Waals surface area contributed by atoms with E-state index in [-0.39, 0.29) is 10.3 Å². The third kappa shape index (κ3) is 5.31. The summed E-state index contributed by atoms with van der Waals surface area (Å²) in [6.45, 7) is 4.69. The van der Waals surface area contributed by atoms with E-state index in [0.717, 1.165) is 36.7 Å². The van der Waals surface area contributed by atoms with E-state index >= 15 is 0 Å². The summed E-state index contributed by atoms with van der Waals surface area (Å²) < 4.78 is 11.8. The van der Waals surface area contributed by atoms with Gasteiger partial charge >= 0.3 is 0 Å². The largest absolute Gasteiger partial charge is 0.493 e. The molecule has 0 saturated carbocycles. The second-order valence-electron chi connectivity index (χ2n) is 7.00. The van der Waals surface area contributed by atoms with Crippen molar-refractivity contribution < 1.29 is 9.47 Å². The smallest absolute Gasteiger partial charge is 0.214 e. The molecule has 1 atom stereocenters. The molecule has 1 aliphatic rings. The zero-order chi connectivity index (χ0) is 19.9. The number of rotatable bonds is 7. The summed E-state index contributed by atoms with van der Waals surface area (Å²) in [7, 11) is -0.0690. The number of ether oxygens (including phenoxy) is 2. The molecule has 4 heteroatoms. The summed E-state index contributed by atoms with van der Waals surface area (Å²) in [6, 6.07) is 14.7. The minimum Gasteiger partial charge on any atom is -0.493 e. The number of allylic oxidation sites excluding steroid dienone is 1. The summed E-state index contributed by atoms with van der Waals surface area (Å²) in [4.78, 5) is 4.28. The van der Waals surface area contributed by atoms with Crippen molar-refractivity contribution in [1.82, 2.24) is 0 Å². The molecule has 0 radical (unpaired) electrons. The van der Waals surface area contributed by atoms with Crippen LogP contribution in [0.15, 0.2) is 59.4 Å². The topological polar surface area (TPSA) is 30.8 Å². The number of nitrogens with zero attached hydrogens (tertiary/aromatic N) is 1. The van der Waals surface area contributed by atoms with Crippen LogP contribution in [0.4, 0.5) is 0 Å². The third-order valence-corrected chi connectivity index (χ3v) is 5.51. The van der Waals surface area contributed by atoms with Crippen molar-refractivity contribution in [1.29, 1.82) is 0 Å². The van der Waals surface area contributed by atoms with E-state index in [4.69, 9.17) is 15.2 Å². The number of benzene rings is 2. The van der Waals surface area contributed by atoms with E-state index in [1.54, 1.807) is 6.21 Å². The molecule has 0 aromatic heterocycles. The van der Waals surface area contributed by atoms with Gasteiger partial charge in [-0.3, -0.25) is 0 Å². The number of aliphatic imine (C=N–C) groups is 1. The van der Waals surface area contributed by atoms with Crippen LogP contribution in [0.2, 0.25) is 0 Å². The molecule has 0 N–H and O–H groups in total. The van der Waals surface area contributed by atoms with Gasteiger partial charge < -0.3 is 25.5 Å². The molecule has 3 nitrogen and oxygen atoms in total. The molecule has 2 aromatic carbocycles. The zero-order valence-corrected chi connectivity index (χ0v) is 17.7. The van der Waals surface area contributed by atoms with E-state index in [1.807, 2.05) is 25.1 Å². The Labute approximate surface area is 170 Å². The van der Waals surface area contributed by atoms with Crippen molar-refractivity contribution in [2.45, 2.75) is 32.6 Å². The van der Waals surface area contributed by atoms with Crippen molar-refractivity contribution in [2.24, 2.45) is 4.99 Å². The normalized spacial score (nSPS) is 16.4. The lowest BCUT2D eigenvalue weighted by Gasteiger charge is -2.16. The van der Waals surface area contributed by atoms with Crippen LogP contribution in [-0.2, 0) is 16.7 Å². The monoisotopic (exact) mass is 394 g/mol. The van der Waals surface area contributed by atoms with Gasteiger partial charge in [0.05, 0.1) is 6.61 Å². The molecule has 3 rings (SSSR count). The summed E-state index contributed by atoms with van der Waals surface area (Å²) in [6.07, 6.45) is 7.51. The van der Waals surface area contributed by atoms with Gasteiger partial charge in [0.2, 0.25) is 5.88 Å². The maximum Gasteiger partial charge on any atom is 0.214 e. The van der Waals surface area contributed by atoms with Crippen molar-refractivity contribution in [3.05, 3.63) is 71.1 Å². The highest BCUT2D eigenvalue weighted by molar-refractivity contribution is 7.85. The molecule has 0 spiro atoms. The molecular formula is C24H28NO2S-. The maximum atomic E-state index is 6.00. The predicted molar refractivity (Wildman–Crippen MR) is 120 cm³/mol. The van der Waals surface area contributed by atoms with Gasteiger partial charge in [0, 0.05) is 12.1 Å². The minimum absolute atomic E-state index is 0.0690. The van der Waals surface area contributed by atoms with E-state index < -0.39 is 0 Å². The Morgan fingerprint density at radius 3 is 2.86 bits per heavy atom. The number of fused-ring (bicyclic) bond motifs is 1. The van der Waals surface area contributed by atoms with Crippen molar-refractivity contribution in [3.8, 4) is 17.2 Å². The Morgan fingerprint density at radius 1 is 1.29 bits per heavy atom. The molecule has 0 bridgehead atoms. The lowest BCUT2D eigenvalue weighted by Crippen LogP contribution is -2.08. The Bertz CT molecular complexity index is 953. The molecular weight excluding hydrogens is 366 g/mol. The van der Waals surface area contributed by atoms with E-state index in [9.17, 15) is 0 Å². The SMILES string of the molecule is C#[S-](C)CC1COc2cc(Cc3cccc(O/C(=C/CC)N=CC)c3)ccc21. The molecule has 2 aromatic rings. The fraction of sp³-hybridized carbons (Fsp3) is 0.333. The van der Waals surface area contributed by atoms with Crippen LogP contribution in [0.3, 0.4) is 0 Å². The van der Waals surface area contributed by atoms with Crippen LogP contribution >= 0.6 is 0 Å². The first kappa shape index (κ1) is 20.3. The fourth-order valence-corrected chi connectivity index (χ4v) is 4.29. The summed E-state index contributed by atoms with van der Waals surface area (Å²) in [5, 5.41) is 0. The summed E-state index contributed by atoms with van der Waals surface area (Å²) >= 11 is 0. The average Bonchev–Trinajstić information content (AvgIpc) is 3.04. The van der Waals surface area contributed by atoms with Crippen molar-refractivity contribution in [2.75, 3.05) is 18.6 Å². The standard InChI is InChI=1S/C24H28NO2S/c1-5-8-24(25-6-2)27-21-10-7-9-18(14-21)13-19-11-12-22-20(17-28(3)4)16-26-23(22)15-19/h3,6-12,14-15,20H,5,13,16-17H2,1-2,4H3/q-1/b24-8+,25-6?. The van der Waals surface area contributed by atoms with Crippen LogP contribution in [0.5, 0.6) is 11.5 Å². The highest BCUT2D eigenvalue weighted by Gasteiger charge is 2.21. The van der Waals surface area contributed by atoms with Crippen LogP contribution in [0.1, 0.15) is 42.9 Å². The third-order valence-electron chi connectivity index (χ3n) is 4.59. The molecule has 1 aliphatic heterocycles. The zero-order valence-electron chi connectivity index (χ0n) is 16.9. The second-order valence-corrected chi connectivity index (χ2v) is 8.72. The Balaban J connectivity index is 1.73. The first-order chi connectivity index (χ1) is 13.6. The van der Waals surface area contributed by atoms with Crippen LogP contribution in [-0.4, -0.2) is 24.8 Å². The molecule has 1 unspecified atom stereocenters. The van der Waals surface area contributed by atoms with Crippen LogP contribution < -0.4 is 9.47 Å².